The fourth-order valence-corrected chi connectivity index (χ4v) is 5.53. The molecule has 1 saturated heterocycles. The number of piperazine rings is 1. The molecule has 1 atom stereocenters. The third kappa shape index (κ3) is 6.74. The Balaban J connectivity index is 1.19. The zero-order valence-corrected chi connectivity index (χ0v) is 23.7. The van der Waals surface area contributed by atoms with Crippen LogP contribution in [0.3, 0.4) is 0 Å². The van der Waals surface area contributed by atoms with Crippen LogP contribution in [0.5, 0.6) is 5.75 Å². The topological polar surface area (TPSA) is 45.2 Å². The molecule has 0 spiro atoms. The first-order valence-electron chi connectivity index (χ1n) is 14.1. The first kappa shape index (κ1) is 27.1. The summed E-state index contributed by atoms with van der Waals surface area (Å²) in [5, 5.41) is 0. The van der Waals surface area contributed by atoms with Gasteiger partial charge in [-0.3, -0.25) is 4.90 Å². The molecule has 0 radical (unpaired) electrons. The third-order valence-electron chi connectivity index (χ3n) is 7.51. The normalized spacial score (nSPS) is 18.0. The van der Waals surface area contributed by atoms with Gasteiger partial charge in [-0.15, -0.1) is 0 Å². The zero-order valence-electron chi connectivity index (χ0n) is 23.7. The molecule has 1 unspecified atom stereocenters. The number of para-hydroxylation sites is 1. The maximum absolute atomic E-state index is 12.3. The lowest BCUT2D eigenvalue weighted by atomic mass is 9.87. The number of ether oxygens (including phenoxy) is 2. The summed E-state index contributed by atoms with van der Waals surface area (Å²) in [6.45, 7) is 13.4. The van der Waals surface area contributed by atoms with Gasteiger partial charge in [0, 0.05) is 45.0 Å². The van der Waals surface area contributed by atoms with E-state index in [0.29, 0.717) is 19.7 Å². The number of fused-ring (bicyclic) bond motifs is 1. The highest BCUT2D eigenvalue weighted by Crippen LogP contribution is 2.39. The Morgan fingerprint density at radius 2 is 1.62 bits per heavy atom. The lowest BCUT2D eigenvalue weighted by molar-refractivity contribution is 0.0137. The molecular formula is C33H41N3O3. The van der Waals surface area contributed by atoms with Crippen LogP contribution in [0.1, 0.15) is 49.1 Å². The highest BCUT2D eigenvalue weighted by atomic mass is 16.6. The zero-order chi connectivity index (χ0) is 27.4. The molecule has 0 bridgehead atoms. The van der Waals surface area contributed by atoms with Gasteiger partial charge in [0.15, 0.2) is 0 Å². The highest BCUT2D eigenvalue weighted by Gasteiger charge is 2.29. The Kier molecular flexibility index (Phi) is 8.12. The van der Waals surface area contributed by atoms with E-state index in [4.69, 9.17) is 9.47 Å². The van der Waals surface area contributed by atoms with E-state index in [9.17, 15) is 4.79 Å². The molecule has 1 amide bonds. The Bertz CT molecular complexity index is 1250. The van der Waals surface area contributed by atoms with Crippen molar-refractivity contribution < 1.29 is 14.3 Å². The largest absolute Gasteiger partial charge is 0.492 e. The van der Waals surface area contributed by atoms with Crippen LogP contribution in [0.4, 0.5) is 10.5 Å². The monoisotopic (exact) mass is 527 g/mol. The SMILES string of the molecule is Cc1ccc2c(c1)CCN(c1ccccc1)C2c1ccc(OCCN2CCN(C(=O)OC(C)(C)C)CC2)cc1. The Labute approximate surface area is 233 Å². The predicted molar refractivity (Wildman–Crippen MR) is 157 cm³/mol. The molecule has 6 heteroatoms. The van der Waals surface area contributed by atoms with Gasteiger partial charge < -0.3 is 19.3 Å². The average Bonchev–Trinajstić information content (AvgIpc) is 2.93. The summed E-state index contributed by atoms with van der Waals surface area (Å²) in [7, 11) is 0. The van der Waals surface area contributed by atoms with E-state index in [-0.39, 0.29) is 12.1 Å². The summed E-state index contributed by atoms with van der Waals surface area (Å²) in [5.74, 6) is 0.886. The number of carbonyl (C=O) groups is 1. The number of benzene rings is 3. The van der Waals surface area contributed by atoms with Crippen molar-refractivity contribution in [2.24, 2.45) is 0 Å². The Morgan fingerprint density at radius 3 is 2.31 bits per heavy atom. The van der Waals surface area contributed by atoms with E-state index in [1.54, 1.807) is 4.90 Å². The second kappa shape index (κ2) is 11.7. The molecule has 0 saturated carbocycles. The second-order valence-corrected chi connectivity index (χ2v) is 11.6. The number of carbonyl (C=O) groups excluding carboxylic acids is 1. The van der Waals surface area contributed by atoms with Gasteiger partial charge in [-0.2, -0.15) is 0 Å². The van der Waals surface area contributed by atoms with E-state index < -0.39 is 5.60 Å². The molecule has 1 fully saturated rings. The van der Waals surface area contributed by atoms with Gasteiger partial charge in [0.25, 0.3) is 0 Å². The molecule has 0 N–H and O–H groups in total. The van der Waals surface area contributed by atoms with Crippen LogP contribution >= 0.6 is 0 Å². The molecule has 206 valence electrons. The molecule has 0 aromatic heterocycles. The van der Waals surface area contributed by atoms with Gasteiger partial charge in [-0.05, 0) is 75.1 Å². The summed E-state index contributed by atoms with van der Waals surface area (Å²) >= 11 is 0. The van der Waals surface area contributed by atoms with E-state index in [2.05, 4.69) is 89.5 Å². The average molecular weight is 528 g/mol. The lowest BCUT2D eigenvalue weighted by Gasteiger charge is -2.39. The third-order valence-corrected chi connectivity index (χ3v) is 7.51. The summed E-state index contributed by atoms with van der Waals surface area (Å²) in [5.41, 5.74) is 6.21. The van der Waals surface area contributed by atoms with E-state index in [1.165, 1.54) is 27.9 Å². The first-order valence-corrected chi connectivity index (χ1v) is 14.1. The molecule has 2 aliphatic rings. The number of nitrogens with zero attached hydrogens (tertiary/aromatic N) is 3. The highest BCUT2D eigenvalue weighted by molar-refractivity contribution is 5.68. The molecule has 0 aliphatic carbocycles. The van der Waals surface area contributed by atoms with Crippen molar-refractivity contribution in [1.82, 2.24) is 9.80 Å². The van der Waals surface area contributed by atoms with Crippen LogP contribution < -0.4 is 9.64 Å². The van der Waals surface area contributed by atoms with E-state index in [1.807, 2.05) is 20.8 Å². The number of rotatable bonds is 6. The minimum absolute atomic E-state index is 0.173. The first-order chi connectivity index (χ1) is 18.8. The van der Waals surface area contributed by atoms with Gasteiger partial charge in [0.1, 0.15) is 18.0 Å². The smallest absolute Gasteiger partial charge is 0.410 e. The van der Waals surface area contributed by atoms with Crippen LogP contribution in [0.25, 0.3) is 0 Å². The van der Waals surface area contributed by atoms with E-state index in [0.717, 1.165) is 38.3 Å². The predicted octanol–water partition coefficient (Wildman–Crippen LogP) is 6.08. The Morgan fingerprint density at radius 1 is 0.897 bits per heavy atom. The van der Waals surface area contributed by atoms with Crippen LogP contribution in [0.15, 0.2) is 72.8 Å². The molecule has 2 heterocycles. The van der Waals surface area contributed by atoms with Crippen molar-refractivity contribution in [3.8, 4) is 5.75 Å². The van der Waals surface area contributed by atoms with Crippen molar-refractivity contribution in [3.05, 3.63) is 95.1 Å². The van der Waals surface area contributed by atoms with Crippen molar-refractivity contribution in [3.63, 3.8) is 0 Å². The summed E-state index contributed by atoms with van der Waals surface area (Å²) in [6, 6.07) is 26.4. The number of amides is 1. The van der Waals surface area contributed by atoms with Crippen molar-refractivity contribution in [1.29, 1.82) is 0 Å². The van der Waals surface area contributed by atoms with Gasteiger partial charge in [0.2, 0.25) is 0 Å². The van der Waals surface area contributed by atoms with Crippen LogP contribution in [0, 0.1) is 6.92 Å². The van der Waals surface area contributed by atoms with Gasteiger partial charge in [-0.1, -0.05) is 54.1 Å². The van der Waals surface area contributed by atoms with Crippen molar-refractivity contribution in [2.45, 2.75) is 45.8 Å². The maximum atomic E-state index is 12.3. The van der Waals surface area contributed by atoms with Crippen LogP contribution in [0.2, 0.25) is 0 Å². The number of aryl methyl sites for hydroxylation is 1. The minimum atomic E-state index is -0.461. The minimum Gasteiger partial charge on any atom is -0.492 e. The quantitative estimate of drug-likeness (QED) is 0.389. The van der Waals surface area contributed by atoms with Gasteiger partial charge in [0.05, 0.1) is 6.04 Å². The summed E-state index contributed by atoms with van der Waals surface area (Å²) < 4.78 is 11.6. The molecule has 6 nitrogen and oxygen atoms in total. The fourth-order valence-electron chi connectivity index (χ4n) is 5.53. The molecule has 3 aromatic carbocycles. The van der Waals surface area contributed by atoms with Crippen molar-refractivity contribution >= 4 is 11.8 Å². The Hall–Kier alpha value is -3.51. The molecule has 39 heavy (non-hydrogen) atoms. The maximum Gasteiger partial charge on any atom is 0.410 e. The molecule has 2 aliphatic heterocycles. The number of hydrogen-bond donors (Lipinski definition) is 0. The van der Waals surface area contributed by atoms with Crippen molar-refractivity contribution in [2.75, 3.05) is 50.8 Å². The lowest BCUT2D eigenvalue weighted by Crippen LogP contribution is -2.50. The van der Waals surface area contributed by atoms with Crippen LogP contribution in [-0.2, 0) is 11.2 Å². The summed E-state index contributed by atoms with van der Waals surface area (Å²) in [6.07, 6.45) is 0.829. The number of hydrogen-bond acceptors (Lipinski definition) is 5. The molecule has 5 rings (SSSR count). The standard InChI is InChI=1S/C33H41N3O3/c1-25-10-15-30-27(24-25)16-17-36(28-8-6-5-7-9-28)31(30)26-11-13-29(14-12-26)38-23-22-34-18-20-35(21-19-34)32(37)39-33(2,3)4/h5-15,24,31H,16-23H2,1-4H3. The van der Waals surface area contributed by atoms with Gasteiger partial charge >= 0.3 is 6.09 Å². The molecule has 3 aromatic rings. The van der Waals surface area contributed by atoms with Gasteiger partial charge in [-0.25, -0.2) is 4.79 Å². The molecular weight excluding hydrogens is 486 g/mol. The van der Waals surface area contributed by atoms with E-state index >= 15 is 0 Å². The fraction of sp³-hybridized carbons (Fsp3) is 0.424. The second-order valence-electron chi connectivity index (χ2n) is 11.6. The van der Waals surface area contributed by atoms with Crippen LogP contribution in [-0.4, -0.2) is 67.4 Å². The number of anilines is 1. The summed E-state index contributed by atoms with van der Waals surface area (Å²) in [4.78, 5) is 19.0.